The average molecular weight is 741 g/mol. The minimum Gasteiger partial charge on any atom is -0.458 e. The Hall–Kier alpha value is -6.12. The van der Waals surface area contributed by atoms with Crippen LogP contribution < -0.4 is 77.2 Å². The molecule has 0 saturated carbocycles. The summed E-state index contributed by atoms with van der Waals surface area (Å²) in [4.78, 5) is 0. The number of nitrogens with zero attached hydrogens (tertiary/aromatic N) is 1. The highest BCUT2D eigenvalue weighted by Crippen LogP contribution is 2.44. The van der Waals surface area contributed by atoms with Gasteiger partial charge in [0.15, 0.2) is 0 Å². The summed E-state index contributed by atoms with van der Waals surface area (Å²) in [6.45, 7) is 6.10. The van der Waals surface area contributed by atoms with Crippen molar-refractivity contribution in [3.8, 4) is 57.5 Å². The Kier molecular flexibility index (Phi) is 6.00. The highest BCUT2D eigenvalue weighted by Gasteiger charge is 2.48. The molecular weight excluding hydrogens is 711 g/mol. The Bertz CT molecular complexity index is 2990. The van der Waals surface area contributed by atoms with E-state index in [9.17, 15) is 0 Å². The minimum atomic E-state index is -0.144. The van der Waals surface area contributed by atoms with Gasteiger partial charge in [-0.2, -0.15) is 0 Å². The van der Waals surface area contributed by atoms with Gasteiger partial charge in [-0.15, -0.1) is 0 Å². The molecule has 264 valence electrons. The molecule has 0 aromatic heterocycles. The van der Waals surface area contributed by atoms with E-state index in [0.29, 0.717) is 0 Å². The summed E-state index contributed by atoms with van der Waals surface area (Å²) < 4.78 is 36.2. The van der Waals surface area contributed by atoms with Gasteiger partial charge in [-0.25, -0.2) is 0 Å². The van der Waals surface area contributed by atoms with E-state index < -0.39 is 0 Å². The Morgan fingerprint density at radius 1 is 0.375 bits per heavy atom. The number of fused-ring (bicyclic) bond motifs is 12. The maximum Gasteiger partial charge on any atom is 0.260 e. The molecule has 13 rings (SSSR count). The van der Waals surface area contributed by atoms with Crippen molar-refractivity contribution in [2.75, 3.05) is 10.6 Å². The Labute approximate surface area is 329 Å². The van der Waals surface area contributed by atoms with E-state index in [1.165, 1.54) is 16.4 Å². The molecule has 0 unspecified atom stereocenters. The molecule has 6 heterocycles. The van der Waals surface area contributed by atoms with Crippen LogP contribution in [0.2, 0.25) is 0 Å². The molecule has 6 aliphatic heterocycles. The number of hydrogen-bond donors (Lipinski definition) is 0. The lowest BCUT2D eigenvalue weighted by molar-refractivity contribution is 0.451. The lowest BCUT2D eigenvalue weighted by atomic mass is 9.30. The number of para-hydroxylation sites is 2. The first-order valence-corrected chi connectivity index (χ1v) is 20.3. The highest BCUT2D eigenvalue weighted by molar-refractivity contribution is 8.00. The monoisotopic (exact) mass is 741 g/mol. The van der Waals surface area contributed by atoms with Gasteiger partial charge in [0, 0.05) is 29.3 Å². The van der Waals surface area contributed by atoms with Gasteiger partial charge in [0.1, 0.15) is 57.5 Å². The molecule has 0 amide bonds. The van der Waals surface area contributed by atoms with Gasteiger partial charge >= 0.3 is 0 Å². The fraction of sp³-hybridized carbons (Fsp3) is 0.0870. The SMILES string of the molecule is CSN1c2cc3c(cc2B2c4ccccc4Oc4cc(C)cc1c42)B1c2cc4c(cc2Oc2cc(C)cc(c21)O3)Oc1cc(C)cc2c1B4c1ccccc1O2. The molecule has 7 aromatic rings. The molecule has 0 N–H and O–H groups in total. The van der Waals surface area contributed by atoms with E-state index in [1.54, 1.807) is 11.9 Å². The van der Waals surface area contributed by atoms with E-state index in [4.69, 9.17) is 23.7 Å². The Morgan fingerprint density at radius 3 is 1.32 bits per heavy atom. The maximum atomic E-state index is 6.97. The molecule has 0 radical (unpaired) electrons. The predicted octanol–water partition coefficient (Wildman–Crippen LogP) is 5.42. The highest BCUT2D eigenvalue weighted by atomic mass is 32.2. The largest absolute Gasteiger partial charge is 0.458 e. The third-order valence-corrected chi connectivity index (χ3v) is 13.1. The van der Waals surface area contributed by atoms with Crippen LogP contribution in [-0.2, 0) is 0 Å². The molecular formula is C46H30B3NO5S. The lowest BCUT2D eigenvalue weighted by Gasteiger charge is -2.41. The van der Waals surface area contributed by atoms with Crippen molar-refractivity contribution < 1.29 is 23.7 Å². The van der Waals surface area contributed by atoms with Gasteiger partial charge in [0.25, 0.3) is 20.1 Å². The fourth-order valence-corrected chi connectivity index (χ4v) is 10.9. The molecule has 56 heavy (non-hydrogen) atoms. The summed E-state index contributed by atoms with van der Waals surface area (Å²) in [7, 11) is 0. The molecule has 0 saturated heterocycles. The minimum absolute atomic E-state index is 0.0125. The van der Waals surface area contributed by atoms with Crippen LogP contribution >= 0.6 is 11.9 Å². The second-order valence-electron chi connectivity index (χ2n) is 15.8. The smallest absolute Gasteiger partial charge is 0.260 e. The number of ether oxygens (including phenoxy) is 5. The summed E-state index contributed by atoms with van der Waals surface area (Å²) in [6, 6.07) is 39.0. The zero-order chi connectivity index (χ0) is 37.1. The molecule has 10 heteroatoms. The first-order valence-electron chi connectivity index (χ1n) is 19.1. The quantitative estimate of drug-likeness (QED) is 0.165. The van der Waals surface area contributed by atoms with Gasteiger partial charge in [-0.3, -0.25) is 4.31 Å². The van der Waals surface area contributed by atoms with Crippen LogP contribution in [0.1, 0.15) is 16.7 Å². The van der Waals surface area contributed by atoms with Crippen LogP contribution in [0.3, 0.4) is 0 Å². The summed E-state index contributed by atoms with van der Waals surface area (Å²) in [5.41, 5.74) is 15.8. The third kappa shape index (κ3) is 4.02. The summed E-state index contributed by atoms with van der Waals surface area (Å²) in [5.74, 6) is 8.47. The number of rotatable bonds is 1. The molecule has 0 fully saturated rings. The van der Waals surface area contributed by atoms with Gasteiger partial charge in [0.2, 0.25) is 0 Å². The van der Waals surface area contributed by atoms with Crippen molar-refractivity contribution in [3.05, 3.63) is 126 Å². The van der Waals surface area contributed by atoms with E-state index in [1.807, 2.05) is 6.07 Å². The van der Waals surface area contributed by atoms with E-state index >= 15 is 0 Å². The van der Waals surface area contributed by atoms with Gasteiger partial charge in [0.05, 0.1) is 11.4 Å². The number of anilines is 2. The standard InChI is InChI=1S/C46H30B3NO5S/c1-23-13-33-44-39(14-23)51-34-11-7-5-9-26(34)47(44)28-19-29-36(21-32(28)50(33)56-4)53-42-17-25(3)18-43-46(42)49(29)31-20-30-37(22-38(31)55-43)54-41-16-24(2)15-40-45(41)48(30)27-10-6-8-12-35(27)52-40/h5-22H,1-4H3. The second kappa shape index (κ2) is 10.8. The molecule has 0 bridgehead atoms. The van der Waals surface area contributed by atoms with Crippen LogP contribution in [0, 0.1) is 20.8 Å². The van der Waals surface area contributed by atoms with Crippen molar-refractivity contribution in [2.24, 2.45) is 0 Å². The summed E-state index contributed by atoms with van der Waals surface area (Å²) in [5, 5.41) is 0. The lowest BCUT2D eigenvalue weighted by Crippen LogP contribution is -2.63. The average Bonchev–Trinajstić information content (AvgIpc) is 3.18. The van der Waals surface area contributed by atoms with Gasteiger partial charge < -0.3 is 23.7 Å². The molecule has 6 aliphatic rings. The fourth-order valence-electron chi connectivity index (χ4n) is 10.2. The topological polar surface area (TPSA) is 49.4 Å². The van der Waals surface area contributed by atoms with Crippen LogP contribution in [-0.4, -0.2) is 26.4 Å². The Balaban J connectivity index is 1.07. The summed E-state index contributed by atoms with van der Waals surface area (Å²) in [6.07, 6.45) is 2.14. The van der Waals surface area contributed by atoms with Crippen molar-refractivity contribution in [1.29, 1.82) is 0 Å². The second-order valence-corrected chi connectivity index (χ2v) is 16.5. The Morgan fingerprint density at radius 2 is 0.786 bits per heavy atom. The van der Waals surface area contributed by atoms with Crippen molar-refractivity contribution in [3.63, 3.8) is 0 Å². The third-order valence-electron chi connectivity index (χ3n) is 12.4. The van der Waals surface area contributed by atoms with E-state index in [-0.39, 0.29) is 20.1 Å². The van der Waals surface area contributed by atoms with E-state index in [0.717, 1.165) is 118 Å². The predicted molar refractivity (Wildman–Crippen MR) is 229 cm³/mol. The first kappa shape index (κ1) is 31.1. The zero-order valence-electron chi connectivity index (χ0n) is 31.0. The van der Waals surface area contributed by atoms with Gasteiger partial charge in [-0.05, 0) is 136 Å². The van der Waals surface area contributed by atoms with Crippen LogP contribution in [0.5, 0.6) is 57.5 Å². The number of hydrogen-bond acceptors (Lipinski definition) is 7. The molecule has 7 aromatic carbocycles. The molecule has 0 atom stereocenters. The molecule has 0 aliphatic carbocycles. The van der Waals surface area contributed by atoms with Gasteiger partial charge in [-0.1, -0.05) is 48.5 Å². The summed E-state index contributed by atoms with van der Waals surface area (Å²) >= 11 is 1.71. The van der Waals surface area contributed by atoms with Crippen molar-refractivity contribution in [1.82, 2.24) is 0 Å². The zero-order valence-corrected chi connectivity index (χ0v) is 31.8. The van der Waals surface area contributed by atoms with Crippen molar-refractivity contribution in [2.45, 2.75) is 20.8 Å². The maximum absolute atomic E-state index is 6.97. The molecule has 6 nitrogen and oxygen atoms in total. The first-order chi connectivity index (χ1) is 27.4. The van der Waals surface area contributed by atoms with Crippen molar-refractivity contribution >= 4 is 92.6 Å². The van der Waals surface area contributed by atoms with E-state index in [2.05, 4.69) is 134 Å². The number of benzene rings is 7. The van der Waals surface area contributed by atoms with Crippen LogP contribution in [0.4, 0.5) is 11.4 Å². The molecule has 0 spiro atoms. The van der Waals surface area contributed by atoms with Crippen LogP contribution in [0.15, 0.2) is 109 Å². The van der Waals surface area contributed by atoms with Crippen LogP contribution in [0.25, 0.3) is 0 Å². The normalized spacial score (nSPS) is 14.7. The number of aryl methyl sites for hydroxylation is 3.